The van der Waals surface area contributed by atoms with Gasteiger partial charge in [0.25, 0.3) is 5.69 Å². The largest absolute Gasteiger partial charge is 0.482 e. The van der Waals surface area contributed by atoms with Gasteiger partial charge in [-0.15, -0.1) is 0 Å². The number of carbonyl (C=O) groups is 1. The molecule has 0 amide bonds. The third kappa shape index (κ3) is 3.66. The summed E-state index contributed by atoms with van der Waals surface area (Å²) >= 11 is 0. The lowest BCUT2D eigenvalue weighted by Crippen LogP contribution is -2.17. The summed E-state index contributed by atoms with van der Waals surface area (Å²) in [5, 5.41) is 10.7. The third-order valence-electron chi connectivity index (χ3n) is 3.69. The predicted octanol–water partition coefficient (Wildman–Crippen LogP) is 3.07. The van der Waals surface area contributed by atoms with Gasteiger partial charge in [0, 0.05) is 6.07 Å². The topological polar surface area (TPSA) is 78.7 Å². The number of ether oxygens (including phenoxy) is 2. The second-order valence-corrected chi connectivity index (χ2v) is 5.30. The Morgan fingerprint density at radius 1 is 1.09 bits per heavy atom. The Morgan fingerprint density at radius 2 is 1.91 bits per heavy atom. The van der Waals surface area contributed by atoms with E-state index < -0.39 is 10.9 Å². The Kier molecular flexibility index (Phi) is 4.23. The summed E-state index contributed by atoms with van der Waals surface area (Å²) in [6, 6.07) is 11.3. The molecule has 0 saturated heterocycles. The highest BCUT2D eigenvalue weighted by Gasteiger charge is 2.13. The second-order valence-electron chi connectivity index (χ2n) is 5.30. The molecule has 0 aliphatic heterocycles. The lowest BCUT2D eigenvalue weighted by molar-refractivity contribution is -0.384. The highest BCUT2D eigenvalue weighted by Crippen LogP contribution is 2.26. The van der Waals surface area contributed by atoms with Crippen molar-refractivity contribution < 1.29 is 19.2 Å². The standard InChI is InChI=1S/C17H15NO5/c19-17(23-16-6-2-5-14(10-16)18(20)21)11-22-15-8-7-12-3-1-4-13(12)9-15/h2,5-10H,1,3-4,11H2. The van der Waals surface area contributed by atoms with Crippen LogP contribution in [0.25, 0.3) is 0 Å². The number of nitrogens with zero attached hydrogens (tertiary/aromatic N) is 1. The maximum Gasteiger partial charge on any atom is 0.349 e. The summed E-state index contributed by atoms with van der Waals surface area (Å²) in [5.41, 5.74) is 2.46. The summed E-state index contributed by atoms with van der Waals surface area (Å²) in [6.07, 6.45) is 3.27. The molecule has 0 atom stereocenters. The minimum absolute atomic E-state index is 0.127. The van der Waals surface area contributed by atoms with Gasteiger partial charge in [-0.1, -0.05) is 12.1 Å². The van der Waals surface area contributed by atoms with Crippen molar-refractivity contribution in [3.8, 4) is 11.5 Å². The van der Waals surface area contributed by atoms with Gasteiger partial charge in [-0.3, -0.25) is 10.1 Å². The first kappa shape index (κ1) is 15.0. The van der Waals surface area contributed by atoms with Crippen LogP contribution in [0.5, 0.6) is 11.5 Å². The Hall–Kier alpha value is -2.89. The van der Waals surface area contributed by atoms with E-state index in [1.54, 1.807) is 0 Å². The Morgan fingerprint density at radius 3 is 2.74 bits per heavy atom. The van der Waals surface area contributed by atoms with Crippen LogP contribution >= 0.6 is 0 Å². The number of aryl methyl sites for hydroxylation is 2. The van der Waals surface area contributed by atoms with Gasteiger partial charge in [0.05, 0.1) is 11.0 Å². The number of fused-ring (bicyclic) bond motifs is 1. The maximum absolute atomic E-state index is 11.8. The lowest BCUT2D eigenvalue weighted by atomic mass is 10.1. The minimum atomic E-state index is -0.606. The average Bonchev–Trinajstić information content (AvgIpc) is 3.01. The molecule has 118 valence electrons. The first-order valence-electron chi connectivity index (χ1n) is 7.31. The van der Waals surface area contributed by atoms with Crippen LogP contribution in [-0.4, -0.2) is 17.5 Å². The van der Waals surface area contributed by atoms with Crippen molar-refractivity contribution >= 4 is 11.7 Å². The molecule has 6 heteroatoms. The second kappa shape index (κ2) is 6.48. The van der Waals surface area contributed by atoms with Gasteiger partial charge in [0.1, 0.15) is 11.5 Å². The number of hydrogen-bond donors (Lipinski definition) is 0. The maximum atomic E-state index is 11.8. The normalized spacial score (nSPS) is 12.5. The number of nitro groups is 1. The van der Waals surface area contributed by atoms with Gasteiger partial charge in [-0.25, -0.2) is 4.79 Å². The summed E-state index contributed by atoms with van der Waals surface area (Å²) in [7, 11) is 0. The molecule has 1 aliphatic carbocycles. The van der Waals surface area contributed by atoms with Gasteiger partial charge in [-0.2, -0.15) is 0 Å². The van der Waals surface area contributed by atoms with Crippen LogP contribution in [0.1, 0.15) is 17.5 Å². The molecule has 0 spiro atoms. The van der Waals surface area contributed by atoms with Crippen LogP contribution in [0.4, 0.5) is 5.69 Å². The number of esters is 1. The van der Waals surface area contributed by atoms with Gasteiger partial charge in [0.15, 0.2) is 6.61 Å². The number of non-ortho nitro benzene ring substituents is 1. The van der Waals surface area contributed by atoms with Crippen molar-refractivity contribution in [3.05, 3.63) is 63.7 Å². The van der Waals surface area contributed by atoms with Crippen LogP contribution in [0.2, 0.25) is 0 Å². The van der Waals surface area contributed by atoms with E-state index in [4.69, 9.17) is 9.47 Å². The SMILES string of the molecule is O=C(COc1ccc2c(c1)CCC2)Oc1cccc([N+](=O)[O-])c1. The molecule has 0 bridgehead atoms. The summed E-state index contributed by atoms with van der Waals surface area (Å²) in [4.78, 5) is 21.9. The number of rotatable bonds is 5. The van der Waals surface area contributed by atoms with E-state index in [0.717, 1.165) is 19.3 Å². The predicted molar refractivity (Wildman–Crippen MR) is 82.7 cm³/mol. The fourth-order valence-electron chi connectivity index (χ4n) is 2.60. The minimum Gasteiger partial charge on any atom is -0.482 e. The molecule has 1 aliphatic rings. The highest BCUT2D eigenvalue weighted by atomic mass is 16.6. The van der Waals surface area contributed by atoms with Gasteiger partial charge >= 0.3 is 5.97 Å². The molecule has 2 aromatic carbocycles. The van der Waals surface area contributed by atoms with Crippen LogP contribution in [0.15, 0.2) is 42.5 Å². The quantitative estimate of drug-likeness (QED) is 0.367. The van der Waals surface area contributed by atoms with Crippen LogP contribution < -0.4 is 9.47 Å². The fourth-order valence-corrected chi connectivity index (χ4v) is 2.60. The van der Waals surface area contributed by atoms with Gasteiger partial charge < -0.3 is 9.47 Å². The summed E-state index contributed by atoms with van der Waals surface area (Å²) in [6.45, 7) is -0.249. The molecular weight excluding hydrogens is 298 g/mol. The number of benzene rings is 2. The molecule has 0 radical (unpaired) electrons. The van der Waals surface area contributed by atoms with Crippen molar-refractivity contribution in [1.82, 2.24) is 0 Å². The molecule has 23 heavy (non-hydrogen) atoms. The van der Waals surface area contributed by atoms with Crippen LogP contribution in [-0.2, 0) is 17.6 Å². The van der Waals surface area contributed by atoms with E-state index >= 15 is 0 Å². The van der Waals surface area contributed by atoms with E-state index in [-0.39, 0.29) is 18.0 Å². The van der Waals surface area contributed by atoms with Crippen molar-refractivity contribution in [1.29, 1.82) is 0 Å². The molecule has 0 fully saturated rings. The highest BCUT2D eigenvalue weighted by molar-refractivity contribution is 5.74. The molecule has 0 unspecified atom stereocenters. The Bertz CT molecular complexity index is 756. The summed E-state index contributed by atoms with van der Waals surface area (Å²) in [5.74, 6) is 0.148. The molecule has 0 saturated carbocycles. The number of carbonyl (C=O) groups excluding carboxylic acids is 1. The van der Waals surface area contributed by atoms with Crippen molar-refractivity contribution in [2.45, 2.75) is 19.3 Å². The first-order chi connectivity index (χ1) is 11.1. The summed E-state index contributed by atoms with van der Waals surface area (Å²) < 4.78 is 10.5. The molecule has 0 heterocycles. The van der Waals surface area contributed by atoms with Crippen LogP contribution in [0, 0.1) is 10.1 Å². The third-order valence-corrected chi connectivity index (χ3v) is 3.69. The molecular formula is C17H15NO5. The zero-order chi connectivity index (χ0) is 16.2. The zero-order valence-corrected chi connectivity index (χ0v) is 12.4. The molecule has 0 N–H and O–H groups in total. The average molecular weight is 313 g/mol. The molecule has 0 aromatic heterocycles. The first-order valence-corrected chi connectivity index (χ1v) is 7.31. The van der Waals surface area contributed by atoms with E-state index in [9.17, 15) is 14.9 Å². The zero-order valence-electron chi connectivity index (χ0n) is 12.4. The number of hydrogen-bond acceptors (Lipinski definition) is 5. The smallest absolute Gasteiger partial charge is 0.349 e. The van der Waals surface area contributed by atoms with E-state index in [1.807, 2.05) is 18.2 Å². The Balaban J connectivity index is 1.57. The van der Waals surface area contributed by atoms with Gasteiger partial charge in [0.2, 0.25) is 0 Å². The Labute approximate surface area is 132 Å². The molecule has 2 aromatic rings. The van der Waals surface area contributed by atoms with Gasteiger partial charge in [-0.05, 0) is 48.6 Å². The lowest BCUT2D eigenvalue weighted by Gasteiger charge is -2.08. The van der Waals surface area contributed by atoms with Crippen molar-refractivity contribution in [3.63, 3.8) is 0 Å². The van der Waals surface area contributed by atoms with Crippen molar-refractivity contribution in [2.24, 2.45) is 0 Å². The van der Waals surface area contributed by atoms with E-state index in [0.29, 0.717) is 5.75 Å². The molecule has 3 rings (SSSR count). The van der Waals surface area contributed by atoms with E-state index in [1.165, 1.54) is 35.4 Å². The van der Waals surface area contributed by atoms with Crippen molar-refractivity contribution in [2.75, 3.05) is 6.61 Å². The number of nitro benzene ring substituents is 1. The monoisotopic (exact) mass is 313 g/mol. The fraction of sp³-hybridized carbons (Fsp3) is 0.235. The van der Waals surface area contributed by atoms with Crippen LogP contribution in [0.3, 0.4) is 0 Å². The van der Waals surface area contributed by atoms with E-state index in [2.05, 4.69) is 0 Å². The molecule has 6 nitrogen and oxygen atoms in total.